The van der Waals surface area contributed by atoms with E-state index < -0.39 is 5.60 Å². The lowest BCUT2D eigenvalue weighted by Crippen LogP contribution is -2.42. The smallest absolute Gasteiger partial charge is 0.0766 e. The van der Waals surface area contributed by atoms with Gasteiger partial charge < -0.3 is 15.3 Å². The Hall–Kier alpha value is -0.120. The van der Waals surface area contributed by atoms with Gasteiger partial charge in [0.25, 0.3) is 0 Å². The highest BCUT2D eigenvalue weighted by atomic mass is 16.3. The Morgan fingerprint density at radius 2 is 1.82 bits per heavy atom. The predicted molar refractivity (Wildman–Crippen MR) is 73.2 cm³/mol. The summed E-state index contributed by atoms with van der Waals surface area (Å²) >= 11 is 0. The molecule has 17 heavy (non-hydrogen) atoms. The van der Waals surface area contributed by atoms with Crippen LogP contribution >= 0.6 is 0 Å². The maximum atomic E-state index is 10.2. The van der Waals surface area contributed by atoms with E-state index in [1.165, 1.54) is 32.5 Å². The van der Waals surface area contributed by atoms with Crippen LogP contribution in [0.4, 0.5) is 0 Å². The quantitative estimate of drug-likeness (QED) is 0.682. The van der Waals surface area contributed by atoms with Gasteiger partial charge in [-0.3, -0.25) is 0 Å². The molecule has 0 saturated carbocycles. The van der Waals surface area contributed by atoms with Gasteiger partial charge in [0.15, 0.2) is 0 Å². The minimum atomic E-state index is -0.507. The van der Waals surface area contributed by atoms with Crippen molar-refractivity contribution in [1.82, 2.24) is 10.2 Å². The zero-order chi connectivity index (χ0) is 12.7. The Morgan fingerprint density at radius 1 is 1.24 bits per heavy atom. The number of nitrogens with zero attached hydrogens (tertiary/aromatic N) is 1. The fourth-order valence-corrected chi connectivity index (χ4v) is 2.52. The lowest BCUT2D eigenvalue weighted by Gasteiger charge is -2.27. The summed E-state index contributed by atoms with van der Waals surface area (Å²) in [4.78, 5) is 2.55. The van der Waals surface area contributed by atoms with Crippen molar-refractivity contribution in [2.45, 2.75) is 52.1 Å². The number of hydrogen-bond donors (Lipinski definition) is 2. The molecule has 1 atom stereocenters. The van der Waals surface area contributed by atoms with E-state index in [4.69, 9.17) is 0 Å². The summed E-state index contributed by atoms with van der Waals surface area (Å²) < 4.78 is 0. The molecule has 0 aromatic heterocycles. The Balaban J connectivity index is 2.12. The van der Waals surface area contributed by atoms with Gasteiger partial charge in [0, 0.05) is 13.1 Å². The Morgan fingerprint density at radius 3 is 2.35 bits per heavy atom. The Bertz CT molecular complexity index is 198. The van der Waals surface area contributed by atoms with Gasteiger partial charge in [-0.15, -0.1) is 0 Å². The molecule has 1 unspecified atom stereocenters. The van der Waals surface area contributed by atoms with E-state index in [-0.39, 0.29) is 0 Å². The maximum Gasteiger partial charge on any atom is 0.0766 e. The van der Waals surface area contributed by atoms with Gasteiger partial charge in [-0.25, -0.2) is 0 Å². The lowest BCUT2D eigenvalue weighted by atomic mass is 9.97. The molecule has 1 fully saturated rings. The molecule has 0 aromatic carbocycles. The van der Waals surface area contributed by atoms with Crippen LogP contribution in [0.2, 0.25) is 0 Å². The van der Waals surface area contributed by atoms with Gasteiger partial charge in [0.05, 0.1) is 5.60 Å². The maximum absolute atomic E-state index is 10.2. The van der Waals surface area contributed by atoms with Gasteiger partial charge in [0.2, 0.25) is 0 Å². The molecule has 0 aliphatic carbocycles. The molecule has 3 heteroatoms. The Kier molecular flexibility index (Phi) is 6.45. The van der Waals surface area contributed by atoms with Crippen molar-refractivity contribution < 1.29 is 5.11 Å². The molecule has 0 amide bonds. The van der Waals surface area contributed by atoms with E-state index in [2.05, 4.69) is 31.0 Å². The average Bonchev–Trinajstić information content (AvgIpc) is 2.81. The monoisotopic (exact) mass is 242 g/mol. The van der Waals surface area contributed by atoms with E-state index >= 15 is 0 Å². The number of hydrogen-bond acceptors (Lipinski definition) is 3. The van der Waals surface area contributed by atoms with Crippen LogP contribution < -0.4 is 5.32 Å². The molecular formula is C14H30N2O. The summed E-state index contributed by atoms with van der Waals surface area (Å²) in [6.45, 7) is 11.9. The lowest BCUT2D eigenvalue weighted by molar-refractivity contribution is 0.0317. The molecule has 1 saturated heterocycles. The second kappa shape index (κ2) is 7.34. The molecule has 1 heterocycles. The highest BCUT2D eigenvalue weighted by Crippen LogP contribution is 2.13. The molecule has 102 valence electrons. The van der Waals surface area contributed by atoms with Gasteiger partial charge >= 0.3 is 0 Å². The van der Waals surface area contributed by atoms with Gasteiger partial charge in [0.1, 0.15) is 0 Å². The second-order valence-corrected chi connectivity index (χ2v) is 5.68. The van der Waals surface area contributed by atoms with Crippen molar-refractivity contribution in [3.8, 4) is 0 Å². The molecule has 2 N–H and O–H groups in total. The summed E-state index contributed by atoms with van der Waals surface area (Å²) in [5, 5.41) is 13.6. The fourth-order valence-electron chi connectivity index (χ4n) is 2.52. The third kappa shape index (κ3) is 5.36. The molecule has 1 aliphatic heterocycles. The third-order valence-electron chi connectivity index (χ3n) is 4.03. The number of rotatable bonds is 8. The molecule has 1 aliphatic rings. The number of nitrogens with one attached hydrogen (secondary N) is 1. The first-order valence-corrected chi connectivity index (χ1v) is 7.25. The van der Waals surface area contributed by atoms with Crippen LogP contribution in [0, 0.1) is 5.92 Å². The van der Waals surface area contributed by atoms with Crippen LogP contribution in [-0.2, 0) is 0 Å². The predicted octanol–water partition coefficient (Wildman–Crippen LogP) is 1.86. The highest BCUT2D eigenvalue weighted by molar-refractivity contribution is 4.78. The van der Waals surface area contributed by atoms with Crippen molar-refractivity contribution >= 4 is 0 Å². The normalized spacial score (nSPS) is 19.8. The van der Waals surface area contributed by atoms with Crippen LogP contribution in [0.3, 0.4) is 0 Å². The minimum Gasteiger partial charge on any atom is -0.389 e. The zero-order valence-corrected chi connectivity index (χ0v) is 11.8. The summed E-state index contributed by atoms with van der Waals surface area (Å²) in [7, 11) is 0. The largest absolute Gasteiger partial charge is 0.389 e. The minimum absolute atomic E-state index is 0.507. The zero-order valence-electron chi connectivity index (χ0n) is 11.8. The van der Waals surface area contributed by atoms with Crippen LogP contribution in [0.15, 0.2) is 0 Å². The molecule has 0 spiro atoms. The first kappa shape index (κ1) is 14.9. The first-order valence-electron chi connectivity index (χ1n) is 7.25. The van der Waals surface area contributed by atoms with E-state index in [1.54, 1.807) is 0 Å². The van der Waals surface area contributed by atoms with E-state index in [9.17, 15) is 5.11 Å². The Labute approximate surface area is 107 Å². The molecule has 0 aromatic rings. The second-order valence-electron chi connectivity index (χ2n) is 5.68. The molecule has 1 rings (SSSR count). The van der Waals surface area contributed by atoms with Gasteiger partial charge in [-0.2, -0.15) is 0 Å². The van der Waals surface area contributed by atoms with Gasteiger partial charge in [-0.05, 0) is 51.2 Å². The van der Waals surface area contributed by atoms with E-state index in [0.717, 1.165) is 25.9 Å². The summed E-state index contributed by atoms with van der Waals surface area (Å²) in [5.41, 5.74) is -0.507. The summed E-state index contributed by atoms with van der Waals surface area (Å²) in [5.74, 6) is 0.672. The average molecular weight is 242 g/mol. The van der Waals surface area contributed by atoms with Crippen molar-refractivity contribution in [2.24, 2.45) is 5.92 Å². The third-order valence-corrected chi connectivity index (χ3v) is 4.03. The number of aliphatic hydroxyl groups is 1. The molecular weight excluding hydrogens is 212 g/mol. The van der Waals surface area contributed by atoms with Crippen LogP contribution in [0.25, 0.3) is 0 Å². The van der Waals surface area contributed by atoms with E-state index in [1.807, 2.05) is 0 Å². The number of likely N-dealkylation sites (tertiary alicyclic amines) is 1. The standard InChI is InChI=1S/C14H30N2O/c1-4-14(17,5-2)12-15-10-13(3)11-16-8-6-7-9-16/h13,15,17H,4-12H2,1-3H3. The summed E-state index contributed by atoms with van der Waals surface area (Å²) in [6.07, 6.45) is 4.39. The highest BCUT2D eigenvalue weighted by Gasteiger charge is 2.22. The van der Waals surface area contributed by atoms with Gasteiger partial charge in [-0.1, -0.05) is 20.8 Å². The topological polar surface area (TPSA) is 35.5 Å². The van der Waals surface area contributed by atoms with Crippen molar-refractivity contribution in [2.75, 3.05) is 32.7 Å². The van der Waals surface area contributed by atoms with Crippen molar-refractivity contribution in [3.63, 3.8) is 0 Å². The molecule has 3 nitrogen and oxygen atoms in total. The van der Waals surface area contributed by atoms with Crippen molar-refractivity contribution in [3.05, 3.63) is 0 Å². The first-order chi connectivity index (χ1) is 8.09. The fraction of sp³-hybridized carbons (Fsp3) is 1.00. The van der Waals surface area contributed by atoms with Crippen LogP contribution in [0.5, 0.6) is 0 Å². The van der Waals surface area contributed by atoms with Crippen LogP contribution in [0.1, 0.15) is 46.5 Å². The van der Waals surface area contributed by atoms with Crippen molar-refractivity contribution in [1.29, 1.82) is 0 Å². The summed E-state index contributed by atoms with van der Waals surface area (Å²) in [6, 6.07) is 0. The van der Waals surface area contributed by atoms with Crippen LogP contribution in [-0.4, -0.2) is 48.3 Å². The molecule has 0 radical (unpaired) electrons. The molecule has 0 bridgehead atoms. The van der Waals surface area contributed by atoms with E-state index in [0.29, 0.717) is 5.92 Å². The SMILES string of the molecule is CCC(O)(CC)CNCC(C)CN1CCCC1.